The molecule has 1 aliphatic rings. The number of hydrogen-bond donors (Lipinski definition) is 1. The van der Waals surface area contributed by atoms with Gasteiger partial charge in [0.2, 0.25) is 11.8 Å². The molecule has 146 valence electrons. The molecule has 0 saturated carbocycles. The Morgan fingerprint density at radius 2 is 1.59 bits per heavy atom. The highest BCUT2D eigenvalue weighted by atomic mass is 16.2. The number of carbonyl (C=O) groups excluding carboxylic acids is 3. The van der Waals surface area contributed by atoms with Gasteiger partial charge < -0.3 is 5.32 Å². The summed E-state index contributed by atoms with van der Waals surface area (Å²) < 4.78 is 1.85. The maximum atomic E-state index is 12.4. The second kappa shape index (κ2) is 8.10. The van der Waals surface area contributed by atoms with Gasteiger partial charge in [0.25, 0.3) is 5.91 Å². The third kappa shape index (κ3) is 4.24. The lowest BCUT2D eigenvalue weighted by Crippen LogP contribution is -2.28. The zero-order chi connectivity index (χ0) is 20.2. The number of rotatable bonds is 6. The molecular weight excluding hydrogens is 368 g/mol. The topological polar surface area (TPSA) is 84.3 Å². The Labute approximate surface area is 167 Å². The van der Waals surface area contributed by atoms with Gasteiger partial charge in [-0.1, -0.05) is 24.3 Å². The van der Waals surface area contributed by atoms with E-state index in [0.717, 1.165) is 11.1 Å². The number of amides is 3. The molecule has 3 amide bonds. The van der Waals surface area contributed by atoms with Gasteiger partial charge in [-0.05, 0) is 41.5 Å². The van der Waals surface area contributed by atoms with Crippen LogP contribution in [0.4, 0.5) is 5.69 Å². The van der Waals surface area contributed by atoms with Crippen molar-refractivity contribution in [3.05, 3.63) is 83.7 Å². The Hall–Kier alpha value is -3.74. The number of nitrogens with one attached hydrogen (secondary N) is 1. The van der Waals surface area contributed by atoms with Gasteiger partial charge in [0, 0.05) is 37.3 Å². The quantitative estimate of drug-likeness (QED) is 0.658. The number of imide groups is 1. The molecule has 1 fully saturated rings. The Kier molecular flexibility index (Phi) is 5.20. The molecule has 0 unspecified atom stereocenters. The lowest BCUT2D eigenvalue weighted by molar-refractivity contribution is -0.121. The molecule has 1 N–H and O–H groups in total. The highest BCUT2D eigenvalue weighted by molar-refractivity contribution is 6.19. The van der Waals surface area contributed by atoms with Crippen molar-refractivity contribution in [1.82, 2.24) is 15.1 Å². The van der Waals surface area contributed by atoms with E-state index in [9.17, 15) is 14.4 Å². The Morgan fingerprint density at radius 3 is 2.21 bits per heavy atom. The monoisotopic (exact) mass is 388 g/mol. The fourth-order valence-corrected chi connectivity index (χ4v) is 3.25. The molecule has 2 aromatic carbocycles. The first-order valence-electron chi connectivity index (χ1n) is 9.39. The molecule has 0 radical (unpaired) electrons. The van der Waals surface area contributed by atoms with E-state index in [1.807, 2.05) is 41.2 Å². The van der Waals surface area contributed by atoms with Crippen LogP contribution in [0.3, 0.4) is 0 Å². The predicted molar refractivity (Wildman–Crippen MR) is 107 cm³/mol. The SMILES string of the molecule is O=C(NCc1ccc(Cn2cccn2)cc1)c1ccc(N2C(=O)CCC2=O)cc1. The molecule has 1 saturated heterocycles. The van der Waals surface area contributed by atoms with Crippen LogP contribution in [0.2, 0.25) is 0 Å². The zero-order valence-corrected chi connectivity index (χ0v) is 15.7. The van der Waals surface area contributed by atoms with Crippen molar-refractivity contribution in [3.8, 4) is 0 Å². The van der Waals surface area contributed by atoms with Gasteiger partial charge >= 0.3 is 0 Å². The van der Waals surface area contributed by atoms with E-state index in [1.54, 1.807) is 30.5 Å². The molecular formula is C22H20N4O3. The van der Waals surface area contributed by atoms with Crippen molar-refractivity contribution < 1.29 is 14.4 Å². The van der Waals surface area contributed by atoms with Crippen LogP contribution >= 0.6 is 0 Å². The van der Waals surface area contributed by atoms with E-state index in [0.29, 0.717) is 24.3 Å². The Balaban J connectivity index is 1.33. The highest BCUT2D eigenvalue weighted by Crippen LogP contribution is 2.22. The summed E-state index contributed by atoms with van der Waals surface area (Å²) in [5, 5.41) is 7.07. The number of nitrogens with zero attached hydrogens (tertiary/aromatic N) is 3. The summed E-state index contributed by atoms with van der Waals surface area (Å²) in [7, 11) is 0. The van der Waals surface area contributed by atoms with E-state index in [1.165, 1.54) is 4.90 Å². The minimum atomic E-state index is -0.212. The molecule has 2 heterocycles. The van der Waals surface area contributed by atoms with Gasteiger partial charge in [0.05, 0.1) is 12.2 Å². The van der Waals surface area contributed by atoms with Gasteiger partial charge in [-0.25, -0.2) is 0 Å². The third-order valence-electron chi connectivity index (χ3n) is 4.82. The zero-order valence-electron chi connectivity index (χ0n) is 15.7. The lowest BCUT2D eigenvalue weighted by Gasteiger charge is -2.14. The van der Waals surface area contributed by atoms with Gasteiger partial charge in [-0.15, -0.1) is 0 Å². The minimum Gasteiger partial charge on any atom is -0.348 e. The van der Waals surface area contributed by atoms with E-state index in [2.05, 4.69) is 10.4 Å². The van der Waals surface area contributed by atoms with Gasteiger partial charge in [-0.2, -0.15) is 5.10 Å². The summed E-state index contributed by atoms with van der Waals surface area (Å²) in [6.07, 6.45) is 4.13. The number of anilines is 1. The summed E-state index contributed by atoms with van der Waals surface area (Å²) in [5.41, 5.74) is 3.10. The molecule has 0 spiro atoms. The standard InChI is InChI=1S/C22H20N4O3/c27-20-10-11-21(28)26(20)19-8-6-18(7-9-19)22(29)23-14-16-2-4-17(5-3-16)15-25-13-1-12-24-25/h1-9,12-13H,10-11,14-15H2,(H,23,29). The lowest BCUT2D eigenvalue weighted by atomic mass is 10.1. The van der Waals surface area contributed by atoms with E-state index in [4.69, 9.17) is 0 Å². The molecule has 1 aliphatic heterocycles. The van der Waals surface area contributed by atoms with Crippen LogP contribution in [0.1, 0.15) is 34.3 Å². The predicted octanol–water partition coefficient (Wildman–Crippen LogP) is 2.51. The summed E-state index contributed by atoms with van der Waals surface area (Å²) in [4.78, 5) is 37.2. The average molecular weight is 388 g/mol. The van der Waals surface area contributed by atoms with Crippen LogP contribution in [0.15, 0.2) is 67.0 Å². The van der Waals surface area contributed by atoms with Crippen LogP contribution in [-0.4, -0.2) is 27.5 Å². The summed E-state index contributed by atoms with van der Waals surface area (Å²) >= 11 is 0. The Morgan fingerprint density at radius 1 is 0.931 bits per heavy atom. The first kappa shape index (κ1) is 18.6. The van der Waals surface area contributed by atoms with E-state index >= 15 is 0 Å². The smallest absolute Gasteiger partial charge is 0.251 e. The Bertz CT molecular complexity index is 1010. The number of hydrogen-bond acceptors (Lipinski definition) is 4. The van der Waals surface area contributed by atoms with Crippen LogP contribution in [0, 0.1) is 0 Å². The summed E-state index contributed by atoms with van der Waals surface area (Å²) in [5.74, 6) is -0.623. The minimum absolute atomic E-state index is 0.205. The first-order chi connectivity index (χ1) is 14.1. The number of carbonyl (C=O) groups is 3. The molecule has 7 heteroatoms. The van der Waals surface area contributed by atoms with Gasteiger partial charge in [0.15, 0.2) is 0 Å². The molecule has 0 aliphatic carbocycles. The maximum absolute atomic E-state index is 12.4. The van der Waals surface area contributed by atoms with Crippen molar-refractivity contribution in [2.75, 3.05) is 4.90 Å². The first-order valence-corrected chi connectivity index (χ1v) is 9.39. The molecule has 0 bridgehead atoms. The van der Waals surface area contributed by atoms with Gasteiger partial charge in [0.1, 0.15) is 0 Å². The van der Waals surface area contributed by atoms with E-state index in [-0.39, 0.29) is 30.6 Å². The average Bonchev–Trinajstić information content (AvgIpc) is 3.37. The second-order valence-corrected chi connectivity index (χ2v) is 6.87. The fraction of sp³-hybridized carbons (Fsp3) is 0.182. The maximum Gasteiger partial charge on any atom is 0.251 e. The molecule has 3 aromatic rings. The largest absolute Gasteiger partial charge is 0.348 e. The normalized spacial score (nSPS) is 13.7. The second-order valence-electron chi connectivity index (χ2n) is 6.87. The molecule has 1 aromatic heterocycles. The van der Waals surface area contributed by atoms with Crippen molar-refractivity contribution in [2.45, 2.75) is 25.9 Å². The molecule has 29 heavy (non-hydrogen) atoms. The number of aromatic nitrogens is 2. The summed E-state index contributed by atoms with van der Waals surface area (Å²) in [6.45, 7) is 1.11. The van der Waals surface area contributed by atoms with E-state index < -0.39 is 0 Å². The third-order valence-corrected chi connectivity index (χ3v) is 4.82. The summed E-state index contributed by atoms with van der Waals surface area (Å²) in [6, 6.07) is 16.4. The van der Waals surface area contributed by atoms with Crippen molar-refractivity contribution in [2.24, 2.45) is 0 Å². The van der Waals surface area contributed by atoms with Crippen molar-refractivity contribution in [1.29, 1.82) is 0 Å². The fourth-order valence-electron chi connectivity index (χ4n) is 3.25. The van der Waals surface area contributed by atoms with Crippen LogP contribution < -0.4 is 10.2 Å². The van der Waals surface area contributed by atoms with Crippen LogP contribution in [0.25, 0.3) is 0 Å². The number of benzene rings is 2. The van der Waals surface area contributed by atoms with Crippen molar-refractivity contribution in [3.63, 3.8) is 0 Å². The molecule has 7 nitrogen and oxygen atoms in total. The molecule has 0 atom stereocenters. The van der Waals surface area contributed by atoms with Crippen molar-refractivity contribution >= 4 is 23.4 Å². The highest BCUT2D eigenvalue weighted by Gasteiger charge is 2.30. The van der Waals surface area contributed by atoms with Crippen LogP contribution in [0.5, 0.6) is 0 Å². The van der Waals surface area contributed by atoms with Gasteiger partial charge in [-0.3, -0.25) is 24.0 Å². The molecule has 4 rings (SSSR count). The van der Waals surface area contributed by atoms with Crippen LogP contribution in [-0.2, 0) is 22.7 Å².